The maximum atomic E-state index is 11.9. The molecule has 118 valence electrons. The zero-order valence-corrected chi connectivity index (χ0v) is 12.1. The Bertz CT molecular complexity index is 590. The highest BCUT2D eigenvalue weighted by Gasteiger charge is 2.18. The second-order valence-electron chi connectivity index (χ2n) is 5.15. The van der Waals surface area contributed by atoms with E-state index in [0.29, 0.717) is 31.0 Å². The van der Waals surface area contributed by atoms with Crippen molar-refractivity contribution in [2.24, 2.45) is 0 Å². The Morgan fingerprint density at radius 1 is 1.50 bits per heavy atom. The lowest BCUT2D eigenvalue weighted by Crippen LogP contribution is -2.25. The number of aryl methyl sites for hydroxylation is 1. The van der Waals surface area contributed by atoms with E-state index in [1.807, 2.05) is 0 Å². The monoisotopic (exact) mass is 306 g/mol. The molecule has 10 heteroatoms. The first-order valence-electron chi connectivity index (χ1n) is 7.33. The van der Waals surface area contributed by atoms with E-state index in [4.69, 9.17) is 4.74 Å². The van der Waals surface area contributed by atoms with Gasteiger partial charge in [0.05, 0.1) is 18.8 Å². The number of carbonyl (C=O) groups is 1. The fourth-order valence-corrected chi connectivity index (χ4v) is 2.32. The predicted octanol–water partition coefficient (Wildman–Crippen LogP) is -0.667. The second-order valence-corrected chi connectivity index (χ2v) is 5.15. The highest BCUT2D eigenvalue weighted by molar-refractivity contribution is 5.91. The van der Waals surface area contributed by atoms with Crippen LogP contribution in [0.2, 0.25) is 0 Å². The van der Waals surface area contributed by atoms with E-state index < -0.39 is 0 Å². The average Bonchev–Trinajstić information content (AvgIpc) is 3.26. The summed E-state index contributed by atoms with van der Waals surface area (Å²) in [6.45, 7) is 1.96. The van der Waals surface area contributed by atoms with Gasteiger partial charge in [-0.1, -0.05) is 10.4 Å². The minimum atomic E-state index is -0.230. The van der Waals surface area contributed by atoms with Crippen molar-refractivity contribution >= 4 is 5.91 Å². The zero-order valence-electron chi connectivity index (χ0n) is 12.1. The van der Waals surface area contributed by atoms with Gasteiger partial charge in [0.2, 0.25) is 0 Å². The van der Waals surface area contributed by atoms with Gasteiger partial charge in [0.1, 0.15) is 0 Å². The average molecular weight is 306 g/mol. The molecule has 0 saturated carbocycles. The molecule has 10 nitrogen and oxygen atoms in total. The summed E-state index contributed by atoms with van der Waals surface area (Å²) in [7, 11) is 0. The van der Waals surface area contributed by atoms with Gasteiger partial charge in [0.15, 0.2) is 11.5 Å². The van der Waals surface area contributed by atoms with E-state index in [2.05, 4.69) is 36.3 Å². The summed E-state index contributed by atoms with van der Waals surface area (Å²) in [4.78, 5) is 11.9. The van der Waals surface area contributed by atoms with E-state index in [9.17, 15) is 4.79 Å². The van der Waals surface area contributed by atoms with Gasteiger partial charge in [-0.05, 0) is 19.3 Å². The summed E-state index contributed by atoms with van der Waals surface area (Å²) < 4.78 is 7.19. The number of hydrogen-bond donors (Lipinski definition) is 2. The maximum Gasteiger partial charge on any atom is 0.273 e. The first-order valence-corrected chi connectivity index (χ1v) is 7.33. The molecule has 0 unspecified atom stereocenters. The van der Waals surface area contributed by atoms with Crippen LogP contribution in [0.1, 0.15) is 35.6 Å². The number of carbonyl (C=O) groups excluding carboxylic acids is 1. The molecule has 3 rings (SSSR count). The van der Waals surface area contributed by atoms with Crippen LogP contribution in [0.25, 0.3) is 0 Å². The fraction of sp³-hybridized carbons (Fsp3) is 0.667. The number of rotatable bonds is 7. The Morgan fingerprint density at radius 2 is 2.45 bits per heavy atom. The highest BCUT2D eigenvalue weighted by Crippen LogP contribution is 2.13. The van der Waals surface area contributed by atoms with E-state index >= 15 is 0 Å². The number of amides is 1. The first-order chi connectivity index (χ1) is 10.8. The number of ether oxygens (including phenoxy) is 1. The summed E-state index contributed by atoms with van der Waals surface area (Å²) in [5, 5.41) is 24.2. The Kier molecular flexibility index (Phi) is 4.68. The van der Waals surface area contributed by atoms with Crippen LogP contribution in [0.5, 0.6) is 0 Å². The van der Waals surface area contributed by atoms with Gasteiger partial charge >= 0.3 is 0 Å². The largest absolute Gasteiger partial charge is 0.376 e. The molecule has 0 aromatic carbocycles. The summed E-state index contributed by atoms with van der Waals surface area (Å²) >= 11 is 0. The van der Waals surface area contributed by atoms with Crippen LogP contribution in [-0.4, -0.2) is 60.8 Å². The van der Waals surface area contributed by atoms with Gasteiger partial charge in [-0.15, -0.1) is 15.3 Å². The molecule has 2 aromatic rings. The molecule has 1 amide bonds. The van der Waals surface area contributed by atoms with E-state index in [1.165, 1.54) is 0 Å². The van der Waals surface area contributed by atoms with Crippen LogP contribution in [-0.2, 0) is 17.7 Å². The lowest BCUT2D eigenvalue weighted by molar-refractivity contribution is 0.0930. The van der Waals surface area contributed by atoms with Crippen molar-refractivity contribution in [3.8, 4) is 0 Å². The van der Waals surface area contributed by atoms with Gasteiger partial charge in [0.25, 0.3) is 5.91 Å². The van der Waals surface area contributed by atoms with Gasteiger partial charge in [-0.2, -0.15) is 5.21 Å². The third-order valence-corrected chi connectivity index (χ3v) is 3.44. The topological polar surface area (TPSA) is 124 Å². The second kappa shape index (κ2) is 7.07. The van der Waals surface area contributed by atoms with Crippen molar-refractivity contribution in [3.05, 3.63) is 17.7 Å². The lowest BCUT2D eigenvalue weighted by Gasteiger charge is -2.07. The number of aromatic nitrogens is 7. The molecule has 0 spiro atoms. The molecular formula is C12H18N8O2. The fourth-order valence-electron chi connectivity index (χ4n) is 2.32. The van der Waals surface area contributed by atoms with Gasteiger partial charge in [0, 0.05) is 19.6 Å². The number of aromatic amines is 1. The molecule has 2 aromatic heterocycles. The molecule has 1 aliphatic heterocycles. The van der Waals surface area contributed by atoms with Crippen molar-refractivity contribution in [3.63, 3.8) is 0 Å². The quantitative estimate of drug-likeness (QED) is 0.650. The van der Waals surface area contributed by atoms with Crippen molar-refractivity contribution in [1.29, 1.82) is 0 Å². The molecule has 0 bridgehead atoms. The molecule has 0 radical (unpaired) electrons. The lowest BCUT2D eigenvalue weighted by atomic mass is 10.2. The number of nitrogens with one attached hydrogen (secondary N) is 2. The third-order valence-electron chi connectivity index (χ3n) is 3.44. The predicted molar refractivity (Wildman–Crippen MR) is 73.8 cm³/mol. The molecule has 1 fully saturated rings. The molecule has 1 aliphatic rings. The van der Waals surface area contributed by atoms with Gasteiger partial charge < -0.3 is 10.1 Å². The van der Waals surface area contributed by atoms with Gasteiger partial charge in [-0.3, -0.25) is 4.79 Å². The van der Waals surface area contributed by atoms with Crippen molar-refractivity contribution in [2.75, 3.05) is 13.2 Å². The van der Waals surface area contributed by atoms with Crippen LogP contribution in [0, 0.1) is 0 Å². The van der Waals surface area contributed by atoms with Crippen LogP contribution < -0.4 is 5.32 Å². The third kappa shape index (κ3) is 3.85. The molecule has 1 atom stereocenters. The molecular weight excluding hydrogens is 288 g/mol. The number of tetrazole rings is 1. The molecule has 1 saturated heterocycles. The van der Waals surface area contributed by atoms with Crippen LogP contribution >= 0.6 is 0 Å². The van der Waals surface area contributed by atoms with Crippen LogP contribution in [0.4, 0.5) is 0 Å². The molecule has 2 N–H and O–H groups in total. The maximum absolute atomic E-state index is 11.9. The first kappa shape index (κ1) is 14.6. The Labute approximate surface area is 126 Å². The summed E-state index contributed by atoms with van der Waals surface area (Å²) in [6, 6.07) is 0. The van der Waals surface area contributed by atoms with Gasteiger partial charge in [-0.25, -0.2) is 4.68 Å². The van der Waals surface area contributed by atoms with Crippen LogP contribution in [0.3, 0.4) is 0 Å². The Morgan fingerprint density at radius 3 is 3.23 bits per heavy atom. The smallest absolute Gasteiger partial charge is 0.273 e. The highest BCUT2D eigenvalue weighted by atomic mass is 16.5. The number of hydrogen-bond acceptors (Lipinski definition) is 7. The summed E-state index contributed by atoms with van der Waals surface area (Å²) in [6.07, 6.45) is 5.31. The normalized spacial score (nSPS) is 17.7. The number of nitrogens with zero attached hydrogens (tertiary/aromatic N) is 6. The summed E-state index contributed by atoms with van der Waals surface area (Å²) in [5.74, 6) is 0.406. The SMILES string of the molecule is O=C(NCCCc1nn[nH]n1)c1cn(C[C@H]2CCCO2)nn1. The van der Waals surface area contributed by atoms with Crippen molar-refractivity contribution in [1.82, 2.24) is 40.9 Å². The van der Waals surface area contributed by atoms with E-state index in [0.717, 1.165) is 25.9 Å². The molecule has 3 heterocycles. The molecule has 0 aliphatic carbocycles. The van der Waals surface area contributed by atoms with Crippen LogP contribution in [0.15, 0.2) is 6.20 Å². The molecule has 22 heavy (non-hydrogen) atoms. The minimum Gasteiger partial charge on any atom is -0.376 e. The van der Waals surface area contributed by atoms with Crippen molar-refractivity contribution < 1.29 is 9.53 Å². The standard InChI is InChI=1S/C12H18N8O2/c21-12(13-5-1-4-11-15-17-18-16-11)10-8-20(19-14-10)7-9-3-2-6-22-9/h8-9H,1-7H2,(H,13,21)(H,15,16,17,18)/t9-/m1/s1. The zero-order chi connectivity index (χ0) is 15.2. The van der Waals surface area contributed by atoms with E-state index in [-0.39, 0.29) is 12.0 Å². The summed E-state index contributed by atoms with van der Waals surface area (Å²) in [5.41, 5.74) is 0.317. The number of H-pyrrole nitrogens is 1. The Balaban J connectivity index is 1.40. The minimum absolute atomic E-state index is 0.174. The van der Waals surface area contributed by atoms with Crippen molar-refractivity contribution in [2.45, 2.75) is 38.3 Å². The Hall–Kier alpha value is -2.36. The van der Waals surface area contributed by atoms with E-state index in [1.54, 1.807) is 10.9 Å².